The maximum Gasteiger partial charge on any atom is 0.0726 e. The van der Waals surface area contributed by atoms with Gasteiger partial charge in [0.25, 0.3) is 0 Å². The fourth-order valence-corrected chi connectivity index (χ4v) is 2.35. The monoisotopic (exact) mass is 243 g/mol. The second-order valence-electron chi connectivity index (χ2n) is 5.26. The van der Waals surface area contributed by atoms with E-state index in [1.54, 1.807) is 0 Å². The highest BCUT2D eigenvalue weighted by Crippen LogP contribution is 2.15. The van der Waals surface area contributed by atoms with Crippen LogP contribution in [-0.2, 0) is 9.47 Å². The van der Waals surface area contributed by atoms with Gasteiger partial charge in [0.15, 0.2) is 0 Å². The number of nitrogens with one attached hydrogen (secondary N) is 1. The van der Waals surface area contributed by atoms with Crippen LogP contribution in [0.25, 0.3) is 0 Å². The molecule has 0 aromatic rings. The quantitative estimate of drug-likeness (QED) is 0.631. The Morgan fingerprint density at radius 1 is 1.41 bits per heavy atom. The van der Waals surface area contributed by atoms with Crippen LogP contribution in [0.4, 0.5) is 0 Å². The van der Waals surface area contributed by atoms with Gasteiger partial charge in [0.1, 0.15) is 0 Å². The molecule has 1 heterocycles. The fraction of sp³-hybridized carbons (Fsp3) is 1.00. The van der Waals surface area contributed by atoms with Crippen molar-refractivity contribution in [3.05, 3.63) is 0 Å². The maximum atomic E-state index is 5.66. The fourth-order valence-electron chi connectivity index (χ4n) is 2.35. The summed E-state index contributed by atoms with van der Waals surface area (Å²) in [6.45, 7) is 10.2. The predicted octanol–water partition coefficient (Wildman–Crippen LogP) is 2.60. The van der Waals surface area contributed by atoms with Gasteiger partial charge in [0.05, 0.1) is 12.7 Å². The van der Waals surface area contributed by atoms with Crippen molar-refractivity contribution in [3.8, 4) is 0 Å². The lowest BCUT2D eigenvalue weighted by Crippen LogP contribution is -2.38. The highest BCUT2D eigenvalue weighted by atomic mass is 16.5. The molecule has 0 aromatic carbocycles. The van der Waals surface area contributed by atoms with E-state index >= 15 is 0 Å². The normalized spacial score (nSPS) is 23.8. The molecule has 0 aliphatic carbocycles. The molecular formula is C14H29NO2. The van der Waals surface area contributed by atoms with Crippen molar-refractivity contribution >= 4 is 0 Å². The standard InChI is InChI=1S/C14H29NO2/c1-4-6-12(2)11-16-10-8-15-13(3)14-7-5-9-17-14/h12-15H,4-11H2,1-3H3. The van der Waals surface area contributed by atoms with Crippen molar-refractivity contribution in [1.82, 2.24) is 5.32 Å². The van der Waals surface area contributed by atoms with Crippen LogP contribution in [0, 0.1) is 5.92 Å². The summed E-state index contributed by atoms with van der Waals surface area (Å²) in [4.78, 5) is 0. The zero-order valence-electron chi connectivity index (χ0n) is 11.7. The molecule has 0 radical (unpaired) electrons. The Morgan fingerprint density at radius 3 is 2.88 bits per heavy atom. The lowest BCUT2D eigenvalue weighted by molar-refractivity contribution is 0.0720. The first-order valence-corrected chi connectivity index (χ1v) is 7.16. The zero-order valence-corrected chi connectivity index (χ0v) is 11.7. The number of hydrogen-bond donors (Lipinski definition) is 1. The lowest BCUT2D eigenvalue weighted by atomic mass is 10.1. The van der Waals surface area contributed by atoms with Crippen LogP contribution < -0.4 is 5.32 Å². The maximum absolute atomic E-state index is 5.66. The molecule has 17 heavy (non-hydrogen) atoms. The molecule has 0 saturated carbocycles. The Morgan fingerprint density at radius 2 is 2.24 bits per heavy atom. The second kappa shape index (κ2) is 8.90. The van der Waals surface area contributed by atoms with Gasteiger partial charge in [-0.05, 0) is 32.1 Å². The van der Waals surface area contributed by atoms with E-state index in [1.807, 2.05) is 0 Å². The Labute approximate surface area is 106 Å². The van der Waals surface area contributed by atoms with Gasteiger partial charge in [-0.15, -0.1) is 0 Å². The molecule has 3 heteroatoms. The van der Waals surface area contributed by atoms with Crippen molar-refractivity contribution in [2.24, 2.45) is 5.92 Å². The summed E-state index contributed by atoms with van der Waals surface area (Å²) in [6, 6.07) is 0.453. The van der Waals surface area contributed by atoms with Crippen LogP contribution in [0.3, 0.4) is 0 Å². The molecule has 0 aromatic heterocycles. The van der Waals surface area contributed by atoms with Crippen LogP contribution in [0.2, 0.25) is 0 Å². The van der Waals surface area contributed by atoms with E-state index in [0.29, 0.717) is 18.1 Å². The second-order valence-corrected chi connectivity index (χ2v) is 5.26. The highest BCUT2D eigenvalue weighted by Gasteiger charge is 2.21. The third-order valence-corrected chi connectivity index (χ3v) is 3.42. The summed E-state index contributed by atoms with van der Waals surface area (Å²) in [5.74, 6) is 0.690. The minimum absolute atomic E-state index is 0.411. The molecule has 3 atom stereocenters. The Kier molecular flexibility index (Phi) is 7.82. The molecule has 0 spiro atoms. The molecule has 0 bridgehead atoms. The zero-order chi connectivity index (χ0) is 12.5. The average molecular weight is 243 g/mol. The van der Waals surface area contributed by atoms with Crippen molar-refractivity contribution in [3.63, 3.8) is 0 Å². The number of hydrogen-bond acceptors (Lipinski definition) is 3. The molecule has 1 N–H and O–H groups in total. The van der Waals surface area contributed by atoms with Gasteiger partial charge in [-0.2, -0.15) is 0 Å². The number of rotatable bonds is 9. The summed E-state index contributed by atoms with van der Waals surface area (Å²) in [6.07, 6.45) is 5.33. The molecule has 102 valence electrons. The largest absolute Gasteiger partial charge is 0.380 e. The molecule has 3 unspecified atom stereocenters. The van der Waals surface area contributed by atoms with Gasteiger partial charge >= 0.3 is 0 Å². The van der Waals surface area contributed by atoms with E-state index in [-0.39, 0.29) is 0 Å². The highest BCUT2D eigenvalue weighted by molar-refractivity contribution is 4.76. The first kappa shape index (κ1) is 14.9. The molecule has 1 rings (SSSR count). The van der Waals surface area contributed by atoms with Crippen LogP contribution in [0.15, 0.2) is 0 Å². The first-order chi connectivity index (χ1) is 8.24. The molecular weight excluding hydrogens is 214 g/mol. The van der Waals surface area contributed by atoms with Gasteiger partial charge in [-0.3, -0.25) is 0 Å². The SMILES string of the molecule is CCCC(C)COCCNC(C)C1CCCO1. The van der Waals surface area contributed by atoms with Crippen molar-refractivity contribution < 1.29 is 9.47 Å². The van der Waals surface area contributed by atoms with E-state index in [2.05, 4.69) is 26.1 Å². The number of ether oxygens (including phenoxy) is 2. The van der Waals surface area contributed by atoms with Gasteiger partial charge in [0.2, 0.25) is 0 Å². The van der Waals surface area contributed by atoms with Gasteiger partial charge in [-0.25, -0.2) is 0 Å². The third-order valence-electron chi connectivity index (χ3n) is 3.42. The van der Waals surface area contributed by atoms with Crippen molar-refractivity contribution in [2.75, 3.05) is 26.4 Å². The smallest absolute Gasteiger partial charge is 0.0726 e. The summed E-state index contributed by atoms with van der Waals surface area (Å²) >= 11 is 0. The minimum Gasteiger partial charge on any atom is -0.380 e. The summed E-state index contributed by atoms with van der Waals surface area (Å²) in [5, 5.41) is 3.48. The van der Waals surface area contributed by atoms with E-state index in [0.717, 1.165) is 26.4 Å². The minimum atomic E-state index is 0.411. The van der Waals surface area contributed by atoms with E-state index in [1.165, 1.54) is 25.7 Å². The molecule has 1 aliphatic heterocycles. The van der Waals surface area contributed by atoms with Crippen LogP contribution in [-0.4, -0.2) is 38.5 Å². The van der Waals surface area contributed by atoms with Gasteiger partial charge in [0, 0.05) is 25.8 Å². The summed E-state index contributed by atoms with van der Waals surface area (Å²) in [7, 11) is 0. The first-order valence-electron chi connectivity index (χ1n) is 7.16. The Bertz CT molecular complexity index is 181. The van der Waals surface area contributed by atoms with E-state index < -0.39 is 0 Å². The summed E-state index contributed by atoms with van der Waals surface area (Å²) < 4.78 is 11.3. The Hall–Kier alpha value is -0.120. The van der Waals surface area contributed by atoms with Crippen molar-refractivity contribution in [2.45, 2.75) is 58.6 Å². The topological polar surface area (TPSA) is 30.5 Å². The van der Waals surface area contributed by atoms with E-state index in [9.17, 15) is 0 Å². The summed E-state index contributed by atoms with van der Waals surface area (Å²) in [5.41, 5.74) is 0. The molecule has 1 saturated heterocycles. The Balaban J connectivity index is 1.92. The van der Waals surface area contributed by atoms with E-state index in [4.69, 9.17) is 9.47 Å². The van der Waals surface area contributed by atoms with Crippen LogP contribution >= 0.6 is 0 Å². The lowest BCUT2D eigenvalue weighted by Gasteiger charge is -2.20. The van der Waals surface area contributed by atoms with Crippen molar-refractivity contribution in [1.29, 1.82) is 0 Å². The molecule has 3 nitrogen and oxygen atoms in total. The molecule has 0 amide bonds. The van der Waals surface area contributed by atoms with Gasteiger partial charge < -0.3 is 14.8 Å². The van der Waals surface area contributed by atoms with Gasteiger partial charge in [-0.1, -0.05) is 20.3 Å². The molecule has 1 fully saturated rings. The molecule has 1 aliphatic rings. The third kappa shape index (κ3) is 6.39. The van der Waals surface area contributed by atoms with Crippen LogP contribution in [0.1, 0.15) is 46.5 Å². The predicted molar refractivity (Wildman–Crippen MR) is 71.3 cm³/mol. The van der Waals surface area contributed by atoms with Crippen LogP contribution in [0.5, 0.6) is 0 Å². The average Bonchev–Trinajstić information content (AvgIpc) is 2.82.